The number of nitrogens with zero attached hydrogens (tertiary/aromatic N) is 1. The predicted octanol–water partition coefficient (Wildman–Crippen LogP) is 0.867. The van der Waals surface area contributed by atoms with E-state index in [4.69, 9.17) is 19.6 Å². The Morgan fingerprint density at radius 3 is 2.17 bits per heavy atom. The van der Waals surface area contributed by atoms with Crippen LogP contribution < -0.4 is 0 Å². The van der Waals surface area contributed by atoms with E-state index in [0.717, 1.165) is 12.0 Å². The molecule has 0 saturated carbocycles. The molecule has 0 aliphatic carbocycles. The van der Waals surface area contributed by atoms with E-state index in [2.05, 4.69) is 0 Å². The fourth-order valence-electron chi connectivity index (χ4n) is 2.80. The molecule has 10 heteroatoms. The Labute approximate surface area is 134 Å². The molecule has 1 saturated heterocycles. The number of hydrogen-bond acceptors (Lipinski definition) is 4. The highest BCUT2D eigenvalue weighted by Crippen LogP contribution is 2.68. The van der Waals surface area contributed by atoms with Gasteiger partial charge in [0.05, 0.1) is 0 Å². The number of aliphatic hydroxyl groups is 1. The summed E-state index contributed by atoms with van der Waals surface area (Å²) in [5.41, 5.74) is 1.15. The van der Waals surface area contributed by atoms with Gasteiger partial charge < -0.3 is 29.6 Å². The van der Waals surface area contributed by atoms with Crippen LogP contribution in [-0.4, -0.2) is 54.3 Å². The van der Waals surface area contributed by atoms with Crippen molar-refractivity contribution in [2.75, 3.05) is 19.6 Å². The molecule has 1 unspecified atom stereocenters. The SMILES string of the molecule is O=P(O)(O)C(O)(CCN1CCC(c2ccccc2)C1)P(=O)(O)O. The van der Waals surface area contributed by atoms with Crippen LogP contribution in [0.4, 0.5) is 0 Å². The molecule has 5 N–H and O–H groups in total. The lowest BCUT2D eigenvalue weighted by Gasteiger charge is -2.30. The molecule has 1 aromatic rings. The van der Waals surface area contributed by atoms with Crippen molar-refractivity contribution in [3.05, 3.63) is 35.9 Å². The lowest BCUT2D eigenvalue weighted by atomic mass is 9.99. The fourth-order valence-corrected chi connectivity index (χ4v) is 4.94. The van der Waals surface area contributed by atoms with E-state index in [1.807, 2.05) is 35.2 Å². The first-order valence-electron chi connectivity index (χ1n) is 7.15. The Kier molecular flexibility index (Phi) is 5.51. The van der Waals surface area contributed by atoms with E-state index in [9.17, 15) is 14.2 Å². The van der Waals surface area contributed by atoms with Gasteiger partial charge in [-0.25, -0.2) is 0 Å². The van der Waals surface area contributed by atoms with Gasteiger partial charge in [0.15, 0.2) is 0 Å². The molecule has 1 aliphatic heterocycles. The topological polar surface area (TPSA) is 139 Å². The zero-order valence-corrected chi connectivity index (χ0v) is 14.2. The zero-order chi connectivity index (χ0) is 17.3. The average molecular weight is 365 g/mol. The van der Waals surface area contributed by atoms with Gasteiger partial charge in [0.2, 0.25) is 0 Å². The molecule has 23 heavy (non-hydrogen) atoms. The van der Waals surface area contributed by atoms with Gasteiger partial charge in [-0.05, 0) is 24.4 Å². The maximum absolute atomic E-state index is 11.3. The van der Waals surface area contributed by atoms with Gasteiger partial charge in [0.25, 0.3) is 5.08 Å². The second kappa shape index (κ2) is 6.75. The molecular formula is C13H21NO7P2. The average Bonchev–Trinajstić information content (AvgIpc) is 2.92. The Hall–Kier alpha value is -0.560. The van der Waals surface area contributed by atoms with Crippen LogP contribution >= 0.6 is 15.2 Å². The number of benzene rings is 1. The lowest BCUT2D eigenvalue weighted by Crippen LogP contribution is -2.34. The van der Waals surface area contributed by atoms with Crippen LogP contribution in [-0.2, 0) is 9.13 Å². The standard InChI is InChI=1S/C13H21NO7P2/c15-13(22(16,17)18,23(19,20)21)7-9-14-8-6-12(10-14)11-4-2-1-3-5-11/h1-5,12,15H,6-10H2,(H2,16,17,18)(H2,19,20,21). The van der Waals surface area contributed by atoms with E-state index in [1.54, 1.807) is 0 Å². The maximum Gasteiger partial charge on any atom is 0.369 e. The van der Waals surface area contributed by atoms with Gasteiger partial charge in [-0.3, -0.25) is 9.13 Å². The minimum absolute atomic E-state index is 0.00392. The third-order valence-corrected chi connectivity index (χ3v) is 8.12. The quantitative estimate of drug-likeness (QED) is 0.468. The molecule has 2 rings (SSSR count). The maximum atomic E-state index is 11.3. The van der Waals surface area contributed by atoms with Gasteiger partial charge in [-0.2, -0.15) is 0 Å². The van der Waals surface area contributed by atoms with Gasteiger partial charge in [0.1, 0.15) is 0 Å². The normalized spacial score (nSPS) is 20.8. The van der Waals surface area contributed by atoms with Crippen LogP contribution in [0.5, 0.6) is 0 Å². The van der Waals surface area contributed by atoms with Crippen molar-refractivity contribution in [1.29, 1.82) is 0 Å². The molecule has 1 aliphatic rings. The summed E-state index contributed by atoms with van der Waals surface area (Å²) in [6, 6.07) is 9.76. The van der Waals surface area contributed by atoms with Gasteiger partial charge in [0, 0.05) is 19.5 Å². The Morgan fingerprint density at radius 2 is 1.65 bits per heavy atom. The summed E-state index contributed by atoms with van der Waals surface area (Å²) in [5, 5.41) is 6.55. The first-order valence-corrected chi connectivity index (χ1v) is 10.4. The van der Waals surface area contributed by atoms with Crippen LogP contribution in [0.1, 0.15) is 24.3 Å². The summed E-state index contributed by atoms with van der Waals surface area (Å²) in [6.07, 6.45) is 0.150. The largest absolute Gasteiger partial charge is 0.369 e. The molecule has 0 bridgehead atoms. The van der Waals surface area contributed by atoms with Crippen molar-refractivity contribution in [3.63, 3.8) is 0 Å². The minimum Gasteiger partial charge on any atom is -0.367 e. The summed E-state index contributed by atoms with van der Waals surface area (Å²) in [5.74, 6) is 0.259. The third-order valence-electron chi connectivity index (χ3n) is 4.24. The lowest BCUT2D eigenvalue weighted by molar-refractivity contribution is 0.112. The minimum atomic E-state index is -5.37. The fraction of sp³-hybridized carbons (Fsp3) is 0.538. The molecule has 1 atom stereocenters. The molecule has 1 fully saturated rings. The highest BCUT2D eigenvalue weighted by Gasteiger charge is 2.59. The molecule has 1 heterocycles. The first kappa shape index (κ1) is 18.8. The molecule has 0 radical (unpaired) electrons. The number of hydrogen-bond donors (Lipinski definition) is 5. The summed E-state index contributed by atoms with van der Waals surface area (Å²) in [7, 11) is -10.7. The third kappa shape index (κ3) is 4.10. The van der Waals surface area contributed by atoms with Gasteiger partial charge in [-0.15, -0.1) is 0 Å². The van der Waals surface area contributed by atoms with Crippen molar-refractivity contribution in [3.8, 4) is 0 Å². The van der Waals surface area contributed by atoms with E-state index in [1.165, 1.54) is 0 Å². The van der Waals surface area contributed by atoms with Crippen LogP contribution in [0.25, 0.3) is 0 Å². The molecule has 8 nitrogen and oxygen atoms in total. The van der Waals surface area contributed by atoms with E-state index >= 15 is 0 Å². The van der Waals surface area contributed by atoms with Crippen LogP contribution in [0.2, 0.25) is 0 Å². The smallest absolute Gasteiger partial charge is 0.367 e. The van der Waals surface area contributed by atoms with E-state index in [-0.39, 0.29) is 12.5 Å². The molecule has 0 amide bonds. The van der Waals surface area contributed by atoms with Crippen LogP contribution in [0, 0.1) is 0 Å². The Bertz CT molecular complexity index is 604. The Morgan fingerprint density at radius 1 is 1.09 bits per heavy atom. The van der Waals surface area contributed by atoms with Gasteiger partial charge >= 0.3 is 15.2 Å². The highest BCUT2D eigenvalue weighted by atomic mass is 31.2. The van der Waals surface area contributed by atoms with Crippen molar-refractivity contribution >= 4 is 15.2 Å². The first-order chi connectivity index (χ1) is 10.5. The van der Waals surface area contributed by atoms with Crippen LogP contribution in [0.3, 0.4) is 0 Å². The monoisotopic (exact) mass is 365 g/mol. The Balaban J connectivity index is 2.01. The zero-order valence-electron chi connectivity index (χ0n) is 12.4. The molecular weight excluding hydrogens is 344 g/mol. The molecule has 130 valence electrons. The van der Waals surface area contributed by atoms with Crippen molar-refractivity contribution in [2.24, 2.45) is 0 Å². The molecule has 1 aromatic carbocycles. The van der Waals surface area contributed by atoms with Crippen molar-refractivity contribution in [1.82, 2.24) is 4.90 Å². The molecule has 0 aromatic heterocycles. The summed E-state index contributed by atoms with van der Waals surface area (Å²) < 4.78 is 22.6. The second-order valence-electron chi connectivity index (χ2n) is 5.81. The van der Waals surface area contributed by atoms with E-state index < -0.39 is 26.7 Å². The van der Waals surface area contributed by atoms with Gasteiger partial charge in [-0.1, -0.05) is 30.3 Å². The van der Waals surface area contributed by atoms with Crippen LogP contribution in [0.15, 0.2) is 30.3 Å². The summed E-state index contributed by atoms with van der Waals surface area (Å²) in [4.78, 5) is 38.3. The second-order valence-corrected chi connectivity index (χ2v) is 9.82. The van der Waals surface area contributed by atoms with E-state index in [0.29, 0.717) is 13.1 Å². The molecule has 0 spiro atoms. The van der Waals surface area contributed by atoms with Crippen molar-refractivity contribution in [2.45, 2.75) is 23.8 Å². The highest BCUT2D eigenvalue weighted by molar-refractivity contribution is 7.72. The van der Waals surface area contributed by atoms with Crippen molar-refractivity contribution < 1.29 is 33.8 Å². The number of rotatable bonds is 6. The number of likely N-dealkylation sites (tertiary alicyclic amines) is 1. The summed E-state index contributed by atoms with van der Waals surface area (Å²) in [6.45, 7) is 1.25. The summed E-state index contributed by atoms with van der Waals surface area (Å²) >= 11 is 0. The predicted molar refractivity (Wildman–Crippen MR) is 83.9 cm³/mol.